The normalized spacial score (nSPS) is 24.8. The number of hydrogen-bond donors (Lipinski definition) is 0. The molecule has 38 heavy (non-hydrogen) atoms. The first-order valence-corrected chi connectivity index (χ1v) is 14.9. The predicted octanol–water partition coefficient (Wildman–Crippen LogP) is 10.5. The second-order valence-electron chi connectivity index (χ2n) is 11.6. The zero-order valence-corrected chi connectivity index (χ0v) is 23.4. The first kappa shape index (κ1) is 28.7. The van der Waals surface area contributed by atoms with Gasteiger partial charge in [-0.05, 0) is 124 Å². The zero-order chi connectivity index (χ0) is 26.8. The number of halogens is 2. The van der Waals surface area contributed by atoms with E-state index in [1.165, 1.54) is 75.3 Å². The molecule has 0 spiro atoms. The third kappa shape index (κ3) is 8.63. The summed E-state index contributed by atoms with van der Waals surface area (Å²) >= 11 is 0. The highest BCUT2D eigenvalue weighted by molar-refractivity contribution is 5.27. The van der Waals surface area contributed by atoms with E-state index in [9.17, 15) is 8.78 Å². The van der Waals surface area contributed by atoms with Gasteiger partial charge in [-0.2, -0.15) is 8.78 Å². The Kier molecular flexibility index (Phi) is 10.8. The van der Waals surface area contributed by atoms with Gasteiger partial charge in [0, 0.05) is 0 Å². The lowest BCUT2D eigenvalue weighted by atomic mass is 9.77. The standard InChI is InChI=1S/C35H46F2O/c1-3-5-6-8-28-11-19-32(20-12-28)33-21-13-29(14-22-33)25-35(36,37)38-26-30-15-23-34(24-16-30)31-17-9-27(7-4-2)10-18-31/h3-5,7,13-16,21-24,27-28,31-32H,6,8-12,17-20,25-26H2,1-2H3/b5-3+,7-4+. The van der Waals surface area contributed by atoms with Gasteiger partial charge in [-0.3, -0.25) is 0 Å². The Bertz CT molecular complexity index is 1000. The Labute approximate surface area is 229 Å². The summed E-state index contributed by atoms with van der Waals surface area (Å²) in [5.41, 5.74) is 4.04. The molecule has 1 nitrogen and oxygen atoms in total. The van der Waals surface area contributed by atoms with Crippen molar-refractivity contribution < 1.29 is 13.5 Å². The molecule has 0 aliphatic heterocycles. The van der Waals surface area contributed by atoms with Crippen molar-refractivity contribution in [2.75, 3.05) is 0 Å². The van der Waals surface area contributed by atoms with Crippen molar-refractivity contribution in [3.63, 3.8) is 0 Å². The van der Waals surface area contributed by atoms with Crippen LogP contribution in [0.15, 0.2) is 72.8 Å². The highest BCUT2D eigenvalue weighted by atomic mass is 19.3. The summed E-state index contributed by atoms with van der Waals surface area (Å²) < 4.78 is 34.4. The topological polar surface area (TPSA) is 9.23 Å². The van der Waals surface area contributed by atoms with E-state index in [1.54, 1.807) is 0 Å². The van der Waals surface area contributed by atoms with Gasteiger partial charge in [-0.15, -0.1) is 0 Å². The fourth-order valence-corrected chi connectivity index (χ4v) is 6.47. The van der Waals surface area contributed by atoms with E-state index in [-0.39, 0.29) is 6.61 Å². The largest absolute Gasteiger partial charge is 0.360 e. The maximum absolute atomic E-state index is 14.7. The molecule has 0 amide bonds. The molecule has 206 valence electrons. The molecular formula is C35H46F2O. The molecule has 2 aromatic rings. The first-order valence-electron chi connectivity index (χ1n) is 14.9. The van der Waals surface area contributed by atoms with Gasteiger partial charge in [0.2, 0.25) is 0 Å². The Morgan fingerprint density at radius 1 is 0.737 bits per heavy atom. The van der Waals surface area contributed by atoms with Crippen molar-refractivity contribution in [3.05, 3.63) is 95.1 Å². The van der Waals surface area contributed by atoms with Crippen LogP contribution in [-0.4, -0.2) is 6.11 Å². The lowest BCUT2D eigenvalue weighted by Gasteiger charge is -2.28. The predicted molar refractivity (Wildman–Crippen MR) is 155 cm³/mol. The fraction of sp³-hybridized carbons (Fsp3) is 0.543. The Morgan fingerprint density at radius 2 is 1.29 bits per heavy atom. The minimum absolute atomic E-state index is 0.0727. The van der Waals surface area contributed by atoms with Crippen LogP contribution in [0.4, 0.5) is 8.78 Å². The van der Waals surface area contributed by atoms with Crippen molar-refractivity contribution >= 4 is 0 Å². The summed E-state index contributed by atoms with van der Waals surface area (Å²) in [4.78, 5) is 0. The number of benzene rings is 2. The van der Waals surface area contributed by atoms with Crippen molar-refractivity contribution in [1.29, 1.82) is 0 Å². The smallest absolute Gasteiger partial charge is 0.315 e. The third-order valence-corrected chi connectivity index (χ3v) is 8.82. The summed E-state index contributed by atoms with van der Waals surface area (Å²) in [6.07, 6.45) is 17.6. The molecule has 0 heterocycles. The summed E-state index contributed by atoms with van der Waals surface area (Å²) in [5, 5.41) is 0. The first-order chi connectivity index (χ1) is 18.5. The van der Waals surface area contributed by atoms with Crippen LogP contribution in [0.1, 0.15) is 112 Å². The molecule has 2 saturated carbocycles. The van der Waals surface area contributed by atoms with Gasteiger partial charge < -0.3 is 4.74 Å². The molecule has 4 rings (SSSR count). The van der Waals surface area contributed by atoms with Gasteiger partial charge in [0.15, 0.2) is 0 Å². The van der Waals surface area contributed by atoms with E-state index in [0.717, 1.165) is 11.5 Å². The van der Waals surface area contributed by atoms with E-state index >= 15 is 0 Å². The fourth-order valence-electron chi connectivity index (χ4n) is 6.47. The van der Waals surface area contributed by atoms with Crippen molar-refractivity contribution in [3.8, 4) is 0 Å². The minimum atomic E-state index is -3.18. The van der Waals surface area contributed by atoms with E-state index < -0.39 is 12.5 Å². The molecule has 0 aromatic heterocycles. The van der Waals surface area contributed by atoms with Crippen LogP contribution in [0.2, 0.25) is 0 Å². The lowest BCUT2D eigenvalue weighted by Crippen LogP contribution is -2.23. The number of ether oxygens (including phenoxy) is 1. The molecule has 2 aliphatic carbocycles. The summed E-state index contributed by atoms with van der Waals surface area (Å²) in [7, 11) is 0. The van der Waals surface area contributed by atoms with E-state index in [1.807, 2.05) is 24.3 Å². The van der Waals surface area contributed by atoms with E-state index in [2.05, 4.69) is 62.4 Å². The van der Waals surface area contributed by atoms with Crippen LogP contribution in [0, 0.1) is 11.8 Å². The molecule has 2 aliphatic rings. The van der Waals surface area contributed by atoms with Crippen LogP contribution in [0.25, 0.3) is 0 Å². The average Bonchev–Trinajstić information content (AvgIpc) is 2.94. The second kappa shape index (κ2) is 14.2. The van der Waals surface area contributed by atoms with Gasteiger partial charge in [0.05, 0.1) is 13.0 Å². The van der Waals surface area contributed by atoms with Crippen LogP contribution in [0.5, 0.6) is 0 Å². The molecule has 0 atom stereocenters. The molecule has 2 aromatic carbocycles. The van der Waals surface area contributed by atoms with Crippen molar-refractivity contribution in [2.24, 2.45) is 11.8 Å². The maximum atomic E-state index is 14.7. The SMILES string of the molecule is C/C=C/CCC1CCC(c2ccc(CC(F)(F)OCc3ccc(C4CCC(/C=C/C)CC4)cc3)cc2)CC1. The maximum Gasteiger partial charge on any atom is 0.360 e. The van der Waals surface area contributed by atoms with Gasteiger partial charge in [0.25, 0.3) is 0 Å². The van der Waals surface area contributed by atoms with Crippen LogP contribution >= 0.6 is 0 Å². The van der Waals surface area contributed by atoms with E-state index in [4.69, 9.17) is 4.74 Å². The van der Waals surface area contributed by atoms with Crippen LogP contribution < -0.4 is 0 Å². The zero-order valence-electron chi connectivity index (χ0n) is 23.4. The monoisotopic (exact) mass is 520 g/mol. The Hall–Kier alpha value is -2.26. The second-order valence-corrected chi connectivity index (χ2v) is 11.6. The Morgan fingerprint density at radius 3 is 1.84 bits per heavy atom. The number of rotatable bonds is 11. The highest BCUT2D eigenvalue weighted by Crippen LogP contribution is 2.38. The molecule has 0 unspecified atom stereocenters. The number of hydrogen-bond acceptors (Lipinski definition) is 1. The number of alkyl halides is 2. The average molecular weight is 521 g/mol. The van der Waals surface area contributed by atoms with Crippen molar-refractivity contribution in [1.82, 2.24) is 0 Å². The van der Waals surface area contributed by atoms with E-state index in [0.29, 0.717) is 23.3 Å². The van der Waals surface area contributed by atoms with Crippen LogP contribution in [0.3, 0.4) is 0 Å². The molecule has 0 bridgehead atoms. The third-order valence-electron chi connectivity index (χ3n) is 8.82. The van der Waals surface area contributed by atoms with Crippen LogP contribution in [-0.2, 0) is 17.8 Å². The summed E-state index contributed by atoms with van der Waals surface area (Å²) in [6, 6.07) is 16.0. The molecular weight excluding hydrogens is 474 g/mol. The molecule has 0 radical (unpaired) electrons. The van der Waals surface area contributed by atoms with Gasteiger partial charge in [-0.1, -0.05) is 72.8 Å². The molecule has 0 N–H and O–H groups in total. The molecule has 3 heteroatoms. The minimum Gasteiger partial charge on any atom is -0.315 e. The van der Waals surface area contributed by atoms with Crippen molar-refractivity contribution in [2.45, 2.75) is 109 Å². The summed E-state index contributed by atoms with van der Waals surface area (Å²) in [5.74, 6) is 2.68. The number of allylic oxidation sites excluding steroid dienone is 4. The van der Waals surface area contributed by atoms with Gasteiger partial charge in [-0.25, -0.2) is 0 Å². The Balaban J connectivity index is 1.21. The highest BCUT2D eigenvalue weighted by Gasteiger charge is 2.31. The van der Waals surface area contributed by atoms with Gasteiger partial charge >= 0.3 is 6.11 Å². The quantitative estimate of drug-likeness (QED) is 0.268. The molecule has 0 saturated heterocycles. The lowest BCUT2D eigenvalue weighted by molar-refractivity contribution is -0.244. The molecule has 2 fully saturated rings. The summed E-state index contributed by atoms with van der Waals surface area (Å²) in [6.45, 7) is 4.10. The van der Waals surface area contributed by atoms with Gasteiger partial charge in [0.1, 0.15) is 0 Å².